The second kappa shape index (κ2) is 5.72. The van der Waals surface area contributed by atoms with Crippen LogP contribution in [0.4, 0.5) is 0 Å². The van der Waals surface area contributed by atoms with Crippen LogP contribution in [0.2, 0.25) is 0 Å². The fraction of sp³-hybridized carbons (Fsp3) is 0.769. The first-order valence-electron chi connectivity index (χ1n) is 6.71. The van der Waals surface area contributed by atoms with Crippen LogP contribution >= 0.6 is 15.9 Å². The third kappa shape index (κ3) is 2.78. The molecule has 0 aliphatic carbocycles. The fourth-order valence-electron chi connectivity index (χ4n) is 2.60. The van der Waals surface area contributed by atoms with Gasteiger partial charge in [-0.05, 0) is 34.7 Å². The summed E-state index contributed by atoms with van der Waals surface area (Å²) in [6.07, 6.45) is 2.06. The molecule has 18 heavy (non-hydrogen) atoms. The van der Waals surface area contributed by atoms with E-state index in [0.717, 1.165) is 38.2 Å². The van der Waals surface area contributed by atoms with Gasteiger partial charge in [0, 0.05) is 32.7 Å². The lowest BCUT2D eigenvalue weighted by Crippen LogP contribution is -2.45. The Morgan fingerprint density at radius 2 is 2.22 bits per heavy atom. The molecular formula is C13H23BrN4. The van der Waals surface area contributed by atoms with Gasteiger partial charge >= 0.3 is 0 Å². The monoisotopic (exact) mass is 314 g/mol. The van der Waals surface area contributed by atoms with Crippen molar-refractivity contribution in [1.82, 2.24) is 14.7 Å². The quantitative estimate of drug-likeness (QED) is 0.927. The van der Waals surface area contributed by atoms with Gasteiger partial charge in [0.05, 0.1) is 15.9 Å². The first-order valence-corrected chi connectivity index (χ1v) is 7.50. The predicted octanol–water partition coefficient (Wildman–Crippen LogP) is 1.91. The largest absolute Gasteiger partial charge is 0.327 e. The molecule has 0 amide bonds. The van der Waals surface area contributed by atoms with E-state index in [1.807, 2.05) is 11.7 Å². The van der Waals surface area contributed by atoms with Gasteiger partial charge in [-0.3, -0.25) is 9.58 Å². The van der Waals surface area contributed by atoms with Crippen LogP contribution < -0.4 is 5.73 Å². The molecule has 1 fully saturated rings. The molecule has 2 rings (SSSR count). The van der Waals surface area contributed by atoms with Crippen LogP contribution in [0.25, 0.3) is 0 Å². The number of nitrogens with zero attached hydrogens (tertiary/aromatic N) is 3. The maximum atomic E-state index is 6.07. The van der Waals surface area contributed by atoms with Crippen molar-refractivity contribution in [3.63, 3.8) is 0 Å². The lowest BCUT2D eigenvalue weighted by molar-refractivity contribution is 0.154. The Morgan fingerprint density at radius 3 is 2.78 bits per heavy atom. The summed E-state index contributed by atoms with van der Waals surface area (Å²) in [6.45, 7) is 7.51. The molecule has 1 aromatic heterocycles. The smallest absolute Gasteiger partial charge is 0.0767 e. The zero-order valence-electron chi connectivity index (χ0n) is 11.5. The van der Waals surface area contributed by atoms with Crippen molar-refractivity contribution >= 4 is 15.9 Å². The zero-order chi connectivity index (χ0) is 13.3. The number of rotatable bonds is 3. The Labute approximate surface area is 118 Å². The van der Waals surface area contributed by atoms with Crippen LogP contribution in [0.3, 0.4) is 0 Å². The molecule has 102 valence electrons. The summed E-state index contributed by atoms with van der Waals surface area (Å²) >= 11 is 3.68. The molecule has 2 heterocycles. The minimum atomic E-state index is 0.363. The number of piperidine rings is 1. The Balaban J connectivity index is 2.08. The standard InChI is InChI=1S/C13H23BrN4/c1-4-11-13(14)12(17(3)16-11)8-18-6-5-10(15)9(2)7-18/h9-10H,4-8,15H2,1-3H3. The van der Waals surface area contributed by atoms with Crippen LogP contribution in [0.1, 0.15) is 31.7 Å². The van der Waals surface area contributed by atoms with Crippen molar-refractivity contribution in [3.05, 3.63) is 15.9 Å². The molecule has 1 saturated heterocycles. The second-order valence-corrected chi connectivity index (χ2v) is 6.14. The highest BCUT2D eigenvalue weighted by Gasteiger charge is 2.24. The Kier molecular flexibility index (Phi) is 4.45. The molecule has 4 nitrogen and oxygen atoms in total. The summed E-state index contributed by atoms with van der Waals surface area (Å²) in [5.74, 6) is 0.580. The van der Waals surface area contributed by atoms with E-state index in [-0.39, 0.29) is 0 Å². The van der Waals surface area contributed by atoms with E-state index >= 15 is 0 Å². The van der Waals surface area contributed by atoms with E-state index in [2.05, 4.69) is 39.8 Å². The Morgan fingerprint density at radius 1 is 1.50 bits per heavy atom. The molecule has 2 unspecified atom stereocenters. The van der Waals surface area contributed by atoms with Crippen molar-refractivity contribution in [2.45, 2.75) is 39.3 Å². The van der Waals surface area contributed by atoms with Gasteiger partial charge < -0.3 is 5.73 Å². The SMILES string of the molecule is CCc1nn(C)c(CN2CCC(N)C(C)C2)c1Br. The summed E-state index contributed by atoms with van der Waals surface area (Å²) in [6, 6.07) is 0.363. The molecule has 1 aliphatic heterocycles. The van der Waals surface area contributed by atoms with Crippen LogP contribution in [-0.2, 0) is 20.0 Å². The van der Waals surface area contributed by atoms with Gasteiger partial charge in [-0.15, -0.1) is 0 Å². The zero-order valence-corrected chi connectivity index (χ0v) is 13.1. The van der Waals surface area contributed by atoms with Gasteiger partial charge in [-0.25, -0.2) is 0 Å². The van der Waals surface area contributed by atoms with Crippen molar-refractivity contribution in [2.24, 2.45) is 18.7 Å². The first kappa shape index (κ1) is 14.0. The van der Waals surface area contributed by atoms with E-state index in [0.29, 0.717) is 12.0 Å². The molecule has 0 aromatic carbocycles. The van der Waals surface area contributed by atoms with Gasteiger partial charge in [0.25, 0.3) is 0 Å². The Bertz CT molecular complexity index is 415. The number of aromatic nitrogens is 2. The third-order valence-corrected chi connectivity index (χ3v) is 4.85. The van der Waals surface area contributed by atoms with E-state index < -0.39 is 0 Å². The van der Waals surface area contributed by atoms with E-state index in [9.17, 15) is 0 Å². The van der Waals surface area contributed by atoms with Gasteiger partial charge in [-0.2, -0.15) is 5.10 Å². The number of hydrogen-bond donors (Lipinski definition) is 1. The van der Waals surface area contributed by atoms with Crippen molar-refractivity contribution in [3.8, 4) is 0 Å². The van der Waals surface area contributed by atoms with E-state index in [1.54, 1.807) is 0 Å². The van der Waals surface area contributed by atoms with Crippen LogP contribution in [0.5, 0.6) is 0 Å². The molecule has 0 spiro atoms. The van der Waals surface area contributed by atoms with Gasteiger partial charge in [0.1, 0.15) is 0 Å². The molecule has 0 radical (unpaired) electrons. The number of halogens is 1. The molecule has 5 heteroatoms. The summed E-state index contributed by atoms with van der Waals surface area (Å²) in [7, 11) is 2.03. The normalized spacial score (nSPS) is 25.6. The minimum Gasteiger partial charge on any atom is -0.327 e. The molecule has 1 aromatic rings. The number of nitrogens with two attached hydrogens (primary N) is 1. The molecule has 2 N–H and O–H groups in total. The number of likely N-dealkylation sites (tertiary alicyclic amines) is 1. The summed E-state index contributed by atoms with van der Waals surface area (Å²) in [5.41, 5.74) is 8.49. The third-order valence-electron chi connectivity index (χ3n) is 3.93. The van der Waals surface area contributed by atoms with Gasteiger partial charge in [0.2, 0.25) is 0 Å². The fourth-order valence-corrected chi connectivity index (χ4v) is 3.34. The highest BCUT2D eigenvalue weighted by molar-refractivity contribution is 9.10. The lowest BCUT2D eigenvalue weighted by Gasteiger charge is -2.35. The van der Waals surface area contributed by atoms with E-state index in [4.69, 9.17) is 5.73 Å². The minimum absolute atomic E-state index is 0.363. The number of aryl methyl sites for hydroxylation is 2. The van der Waals surface area contributed by atoms with Crippen LogP contribution in [0.15, 0.2) is 4.47 Å². The average molecular weight is 315 g/mol. The molecular weight excluding hydrogens is 292 g/mol. The highest BCUT2D eigenvalue weighted by Crippen LogP contribution is 2.24. The summed E-state index contributed by atoms with van der Waals surface area (Å²) in [5, 5.41) is 4.55. The lowest BCUT2D eigenvalue weighted by atomic mass is 9.95. The summed E-state index contributed by atoms with van der Waals surface area (Å²) < 4.78 is 3.18. The predicted molar refractivity (Wildman–Crippen MR) is 77.3 cm³/mol. The van der Waals surface area contributed by atoms with Gasteiger partial charge in [-0.1, -0.05) is 13.8 Å². The molecule has 0 bridgehead atoms. The Hall–Kier alpha value is -0.390. The van der Waals surface area contributed by atoms with Crippen molar-refractivity contribution in [2.75, 3.05) is 13.1 Å². The maximum absolute atomic E-state index is 6.07. The first-order chi connectivity index (χ1) is 8.52. The van der Waals surface area contributed by atoms with Crippen LogP contribution in [0, 0.1) is 5.92 Å². The molecule has 2 atom stereocenters. The molecule has 0 saturated carbocycles. The highest BCUT2D eigenvalue weighted by atomic mass is 79.9. The second-order valence-electron chi connectivity index (χ2n) is 5.35. The number of hydrogen-bond acceptors (Lipinski definition) is 3. The average Bonchev–Trinajstić information content (AvgIpc) is 2.61. The van der Waals surface area contributed by atoms with Gasteiger partial charge in [0.15, 0.2) is 0 Å². The van der Waals surface area contributed by atoms with Crippen LogP contribution in [-0.4, -0.2) is 33.8 Å². The van der Waals surface area contributed by atoms with Crippen molar-refractivity contribution < 1.29 is 0 Å². The topological polar surface area (TPSA) is 47.1 Å². The van der Waals surface area contributed by atoms with Crippen molar-refractivity contribution in [1.29, 1.82) is 0 Å². The maximum Gasteiger partial charge on any atom is 0.0767 e. The summed E-state index contributed by atoms with van der Waals surface area (Å²) in [4.78, 5) is 2.48. The van der Waals surface area contributed by atoms with E-state index in [1.165, 1.54) is 10.2 Å². The molecule has 1 aliphatic rings.